The number of aromatic nitrogens is 2. The summed E-state index contributed by atoms with van der Waals surface area (Å²) < 4.78 is 2.33. The minimum Gasteiger partial charge on any atom is -0.330 e. The maximum absolute atomic E-state index is 4.40. The number of aryl methyl sites for hydroxylation is 1. The van der Waals surface area contributed by atoms with Crippen molar-refractivity contribution >= 4 is 0 Å². The van der Waals surface area contributed by atoms with Crippen LogP contribution in [0.3, 0.4) is 0 Å². The van der Waals surface area contributed by atoms with Crippen molar-refractivity contribution in [3.05, 3.63) is 18.2 Å². The molecule has 0 saturated carbocycles. The molecular formula is C13H25N3. The molecule has 0 aliphatic heterocycles. The van der Waals surface area contributed by atoms with E-state index in [1.165, 1.54) is 12.2 Å². The van der Waals surface area contributed by atoms with Crippen LogP contribution in [-0.4, -0.2) is 22.6 Å². The van der Waals surface area contributed by atoms with E-state index >= 15 is 0 Å². The Bertz CT molecular complexity index is 291. The van der Waals surface area contributed by atoms with Gasteiger partial charge in [-0.2, -0.15) is 0 Å². The molecule has 92 valence electrons. The summed E-state index contributed by atoms with van der Waals surface area (Å²) in [6.07, 6.45) is 6.21. The van der Waals surface area contributed by atoms with Crippen LogP contribution in [0.4, 0.5) is 0 Å². The fourth-order valence-electron chi connectivity index (χ4n) is 2.00. The van der Waals surface area contributed by atoms with Gasteiger partial charge in [-0.15, -0.1) is 0 Å². The van der Waals surface area contributed by atoms with Gasteiger partial charge in [0.25, 0.3) is 0 Å². The van der Waals surface area contributed by atoms with Gasteiger partial charge < -0.3 is 9.88 Å². The van der Waals surface area contributed by atoms with Crippen LogP contribution in [0.1, 0.15) is 46.0 Å². The Labute approximate surface area is 99.3 Å². The number of hydrogen-bond acceptors (Lipinski definition) is 2. The van der Waals surface area contributed by atoms with Crippen molar-refractivity contribution in [3.8, 4) is 0 Å². The molecule has 0 radical (unpaired) electrons. The van der Waals surface area contributed by atoms with Crippen molar-refractivity contribution < 1.29 is 0 Å². The van der Waals surface area contributed by atoms with Gasteiger partial charge >= 0.3 is 0 Å². The van der Waals surface area contributed by atoms with Crippen molar-refractivity contribution in [1.82, 2.24) is 14.9 Å². The molecule has 1 atom stereocenters. The molecule has 16 heavy (non-hydrogen) atoms. The summed E-state index contributed by atoms with van der Waals surface area (Å²) in [5.41, 5.74) is 0. The average molecular weight is 223 g/mol. The third kappa shape index (κ3) is 3.34. The van der Waals surface area contributed by atoms with Crippen LogP contribution < -0.4 is 5.32 Å². The molecule has 0 aliphatic rings. The van der Waals surface area contributed by atoms with Gasteiger partial charge in [0.1, 0.15) is 5.82 Å². The maximum atomic E-state index is 4.40. The molecule has 1 heterocycles. The minimum atomic E-state index is 0.518. The molecular weight excluding hydrogens is 198 g/mol. The lowest BCUT2D eigenvalue weighted by atomic mass is 10.0. The summed E-state index contributed by atoms with van der Waals surface area (Å²) in [5.74, 6) is 1.82. The summed E-state index contributed by atoms with van der Waals surface area (Å²) in [7, 11) is 0. The number of imidazole rings is 1. The van der Waals surface area contributed by atoms with Crippen LogP contribution in [0.25, 0.3) is 0 Å². The number of nitrogens with one attached hydrogen (secondary N) is 1. The molecule has 0 fully saturated rings. The lowest BCUT2D eigenvalue weighted by Crippen LogP contribution is -2.30. The minimum absolute atomic E-state index is 0.518. The maximum Gasteiger partial charge on any atom is 0.108 e. The Hall–Kier alpha value is -0.830. The van der Waals surface area contributed by atoms with E-state index in [0.29, 0.717) is 12.0 Å². The molecule has 1 unspecified atom stereocenters. The van der Waals surface area contributed by atoms with E-state index in [9.17, 15) is 0 Å². The van der Waals surface area contributed by atoms with Gasteiger partial charge in [0, 0.05) is 31.4 Å². The predicted octanol–water partition coefficient (Wildman–Crippen LogP) is 2.64. The Balaban J connectivity index is 2.69. The Morgan fingerprint density at radius 2 is 2.12 bits per heavy atom. The van der Waals surface area contributed by atoms with Crippen LogP contribution >= 0.6 is 0 Å². The standard InChI is InChI=1S/C13H25N3/c1-5-7-14-10-12(11(3)4)16-9-8-15-13(16)6-2/h8-9,11-12,14H,5-7,10H2,1-4H3. The normalized spacial score (nSPS) is 13.3. The number of nitrogens with zero attached hydrogens (tertiary/aromatic N) is 2. The first kappa shape index (κ1) is 13.2. The second-order valence-corrected chi connectivity index (χ2v) is 4.62. The first-order valence-electron chi connectivity index (χ1n) is 6.43. The number of rotatable bonds is 7. The van der Waals surface area contributed by atoms with Gasteiger partial charge in [-0.05, 0) is 18.9 Å². The monoisotopic (exact) mass is 223 g/mol. The molecule has 0 spiro atoms. The summed E-state index contributed by atoms with van der Waals surface area (Å²) in [5, 5.41) is 3.51. The van der Waals surface area contributed by atoms with E-state index in [1.54, 1.807) is 0 Å². The first-order chi connectivity index (χ1) is 7.70. The van der Waals surface area contributed by atoms with Crippen molar-refractivity contribution in [2.24, 2.45) is 5.92 Å². The van der Waals surface area contributed by atoms with Crippen LogP contribution in [-0.2, 0) is 6.42 Å². The fourth-order valence-corrected chi connectivity index (χ4v) is 2.00. The Morgan fingerprint density at radius 1 is 1.38 bits per heavy atom. The van der Waals surface area contributed by atoms with E-state index in [-0.39, 0.29) is 0 Å². The topological polar surface area (TPSA) is 29.9 Å². The highest BCUT2D eigenvalue weighted by atomic mass is 15.1. The molecule has 3 nitrogen and oxygen atoms in total. The van der Waals surface area contributed by atoms with Gasteiger partial charge in [0.05, 0.1) is 0 Å². The molecule has 3 heteroatoms. The first-order valence-corrected chi connectivity index (χ1v) is 6.43. The third-order valence-electron chi connectivity index (χ3n) is 2.97. The van der Waals surface area contributed by atoms with Gasteiger partial charge in [-0.25, -0.2) is 4.98 Å². The van der Waals surface area contributed by atoms with Gasteiger partial charge in [-0.1, -0.05) is 27.7 Å². The zero-order chi connectivity index (χ0) is 12.0. The van der Waals surface area contributed by atoms with Crippen LogP contribution in [0.15, 0.2) is 12.4 Å². The Kier molecular flexibility index (Phi) is 5.53. The summed E-state index contributed by atoms with van der Waals surface area (Å²) in [4.78, 5) is 4.40. The van der Waals surface area contributed by atoms with Crippen molar-refractivity contribution in [3.63, 3.8) is 0 Å². The van der Waals surface area contributed by atoms with E-state index < -0.39 is 0 Å². The van der Waals surface area contributed by atoms with Crippen LogP contribution in [0.5, 0.6) is 0 Å². The third-order valence-corrected chi connectivity index (χ3v) is 2.97. The largest absolute Gasteiger partial charge is 0.330 e. The molecule has 0 saturated heterocycles. The predicted molar refractivity (Wildman–Crippen MR) is 68.6 cm³/mol. The molecule has 1 aromatic heterocycles. The Morgan fingerprint density at radius 3 is 2.69 bits per heavy atom. The van der Waals surface area contributed by atoms with E-state index in [4.69, 9.17) is 0 Å². The van der Waals surface area contributed by atoms with Crippen LogP contribution in [0, 0.1) is 5.92 Å². The van der Waals surface area contributed by atoms with Crippen molar-refractivity contribution in [1.29, 1.82) is 0 Å². The summed E-state index contributed by atoms with van der Waals surface area (Å²) >= 11 is 0. The lowest BCUT2D eigenvalue weighted by Gasteiger charge is -2.24. The highest BCUT2D eigenvalue weighted by molar-refractivity contribution is 4.96. The van der Waals surface area contributed by atoms with Gasteiger partial charge in [0.2, 0.25) is 0 Å². The molecule has 0 aromatic carbocycles. The van der Waals surface area contributed by atoms with Crippen LogP contribution in [0.2, 0.25) is 0 Å². The smallest absolute Gasteiger partial charge is 0.108 e. The second-order valence-electron chi connectivity index (χ2n) is 4.62. The molecule has 0 amide bonds. The van der Waals surface area contributed by atoms with E-state index in [2.05, 4.69) is 48.8 Å². The van der Waals surface area contributed by atoms with Crippen molar-refractivity contribution in [2.75, 3.05) is 13.1 Å². The van der Waals surface area contributed by atoms with E-state index in [1.807, 2.05) is 6.20 Å². The highest BCUT2D eigenvalue weighted by Crippen LogP contribution is 2.18. The summed E-state index contributed by atoms with van der Waals surface area (Å²) in [6, 6.07) is 0.518. The van der Waals surface area contributed by atoms with Gasteiger partial charge in [-0.3, -0.25) is 0 Å². The molecule has 0 bridgehead atoms. The molecule has 1 N–H and O–H groups in total. The highest BCUT2D eigenvalue weighted by Gasteiger charge is 2.16. The zero-order valence-electron chi connectivity index (χ0n) is 11.0. The second kappa shape index (κ2) is 6.69. The molecule has 1 aromatic rings. The zero-order valence-corrected chi connectivity index (χ0v) is 11.0. The molecule has 1 rings (SSSR count). The average Bonchev–Trinajstić information content (AvgIpc) is 2.71. The molecule has 0 aliphatic carbocycles. The fraction of sp³-hybridized carbons (Fsp3) is 0.769. The number of hydrogen-bond donors (Lipinski definition) is 1. The van der Waals surface area contributed by atoms with Gasteiger partial charge in [0.15, 0.2) is 0 Å². The quantitative estimate of drug-likeness (QED) is 0.720. The summed E-state index contributed by atoms with van der Waals surface area (Å²) in [6.45, 7) is 11.0. The lowest BCUT2D eigenvalue weighted by molar-refractivity contribution is 0.349. The SMILES string of the molecule is CCCNCC(C(C)C)n1ccnc1CC. The van der Waals surface area contributed by atoms with Crippen molar-refractivity contribution in [2.45, 2.75) is 46.6 Å². The van der Waals surface area contributed by atoms with E-state index in [0.717, 1.165) is 19.5 Å².